The van der Waals surface area contributed by atoms with E-state index in [9.17, 15) is 4.79 Å². The molecule has 1 aliphatic rings. The van der Waals surface area contributed by atoms with Gasteiger partial charge in [-0.3, -0.25) is 9.69 Å². The van der Waals surface area contributed by atoms with Gasteiger partial charge in [0, 0.05) is 37.1 Å². The molecule has 0 radical (unpaired) electrons. The fraction of sp³-hybridized carbons (Fsp3) is 0.250. The first-order valence-electron chi connectivity index (χ1n) is 9.63. The van der Waals surface area contributed by atoms with Crippen LogP contribution < -0.4 is 5.32 Å². The van der Waals surface area contributed by atoms with Gasteiger partial charge in [-0.2, -0.15) is 4.98 Å². The second kappa shape index (κ2) is 11.1. The zero-order valence-electron chi connectivity index (χ0n) is 17.1. The van der Waals surface area contributed by atoms with E-state index >= 15 is 0 Å². The molecule has 2 aromatic heterocycles. The van der Waals surface area contributed by atoms with Crippen LogP contribution in [0.4, 0.5) is 0 Å². The van der Waals surface area contributed by atoms with Crippen molar-refractivity contribution in [1.82, 2.24) is 30.3 Å². The quantitative estimate of drug-likeness (QED) is 0.436. The number of carboxylic acids is 2. The molecule has 1 aromatic carbocycles. The third-order valence-corrected chi connectivity index (χ3v) is 4.87. The smallest absolute Gasteiger partial charge is 0.414 e. The number of rotatable bonds is 6. The predicted octanol–water partition coefficient (Wildman–Crippen LogP) is 1.05. The molecule has 1 saturated heterocycles. The summed E-state index contributed by atoms with van der Waals surface area (Å²) < 4.78 is 5.31. The standard InChI is InChI=1S/C18H17ClN6O2.C2H2O4/c19-14-5-2-1-4-12(14)8-22-15(26)11-25-9-13(10-25)18-23-17(24-27-18)16-20-6-3-7-21-16;3-1(4)2(5)6/h1-7,13H,8-11H2,(H,22,26);(H,3,4)(H,5,6). The second-order valence-corrected chi connectivity index (χ2v) is 7.31. The Morgan fingerprint density at radius 2 is 1.73 bits per heavy atom. The van der Waals surface area contributed by atoms with Crippen molar-refractivity contribution in [3.63, 3.8) is 0 Å². The first-order valence-corrected chi connectivity index (χ1v) is 10.0. The number of carbonyl (C=O) groups is 3. The van der Waals surface area contributed by atoms with Crippen molar-refractivity contribution in [3.05, 3.63) is 59.2 Å². The number of halogens is 1. The number of nitrogens with zero attached hydrogens (tertiary/aromatic N) is 5. The van der Waals surface area contributed by atoms with Gasteiger partial charge in [0.05, 0.1) is 12.5 Å². The van der Waals surface area contributed by atoms with Crippen molar-refractivity contribution in [2.24, 2.45) is 0 Å². The molecule has 1 fully saturated rings. The maximum Gasteiger partial charge on any atom is 0.414 e. The third-order valence-electron chi connectivity index (χ3n) is 4.50. The average molecular weight is 475 g/mol. The van der Waals surface area contributed by atoms with E-state index in [1.807, 2.05) is 29.2 Å². The van der Waals surface area contributed by atoms with E-state index in [4.69, 9.17) is 35.9 Å². The van der Waals surface area contributed by atoms with Gasteiger partial charge in [0.2, 0.25) is 23.4 Å². The van der Waals surface area contributed by atoms with E-state index in [0.717, 1.165) is 5.56 Å². The minimum Gasteiger partial charge on any atom is -0.473 e. The Hall–Kier alpha value is -3.90. The first-order chi connectivity index (χ1) is 15.8. The molecule has 3 heterocycles. The maximum absolute atomic E-state index is 12.1. The van der Waals surface area contributed by atoms with Crippen LogP contribution in [0.1, 0.15) is 17.4 Å². The number of aliphatic carboxylic acids is 2. The minimum atomic E-state index is -1.82. The highest BCUT2D eigenvalue weighted by Crippen LogP contribution is 2.26. The van der Waals surface area contributed by atoms with Crippen molar-refractivity contribution < 1.29 is 29.1 Å². The molecule has 172 valence electrons. The maximum atomic E-state index is 12.1. The topological polar surface area (TPSA) is 172 Å². The van der Waals surface area contributed by atoms with E-state index < -0.39 is 11.9 Å². The van der Waals surface area contributed by atoms with Crippen molar-refractivity contribution in [2.45, 2.75) is 12.5 Å². The van der Waals surface area contributed by atoms with Gasteiger partial charge in [-0.05, 0) is 17.7 Å². The van der Waals surface area contributed by atoms with Crippen LogP contribution in [0, 0.1) is 0 Å². The van der Waals surface area contributed by atoms with Crippen molar-refractivity contribution in [1.29, 1.82) is 0 Å². The van der Waals surface area contributed by atoms with Crippen LogP contribution in [0.3, 0.4) is 0 Å². The van der Waals surface area contributed by atoms with E-state index in [-0.39, 0.29) is 11.8 Å². The number of carbonyl (C=O) groups excluding carboxylic acids is 1. The molecule has 33 heavy (non-hydrogen) atoms. The van der Waals surface area contributed by atoms with Gasteiger partial charge in [0.15, 0.2) is 0 Å². The molecule has 0 aliphatic carbocycles. The van der Waals surface area contributed by atoms with Crippen LogP contribution in [-0.4, -0.2) is 72.7 Å². The van der Waals surface area contributed by atoms with Crippen LogP contribution in [-0.2, 0) is 20.9 Å². The summed E-state index contributed by atoms with van der Waals surface area (Å²) in [6, 6.07) is 9.19. The molecular formula is C20H19ClN6O6. The summed E-state index contributed by atoms with van der Waals surface area (Å²) in [5.74, 6) is -2.22. The van der Waals surface area contributed by atoms with Crippen LogP contribution >= 0.6 is 11.6 Å². The second-order valence-electron chi connectivity index (χ2n) is 6.90. The third kappa shape index (κ3) is 6.79. The molecule has 4 rings (SSSR count). The molecule has 1 aliphatic heterocycles. The summed E-state index contributed by atoms with van der Waals surface area (Å²) >= 11 is 6.09. The summed E-state index contributed by atoms with van der Waals surface area (Å²) in [7, 11) is 0. The number of carboxylic acid groups (broad SMARTS) is 2. The Bertz CT molecular complexity index is 1110. The molecule has 0 unspecified atom stereocenters. The SMILES string of the molecule is O=C(CN1CC(c2nc(-c3ncccn3)no2)C1)NCc1ccccc1Cl.O=C(O)C(=O)O. The molecule has 0 bridgehead atoms. The van der Waals surface area contributed by atoms with Crippen LogP contribution in [0.15, 0.2) is 47.2 Å². The monoisotopic (exact) mass is 474 g/mol. The number of nitrogens with one attached hydrogen (secondary N) is 1. The summed E-state index contributed by atoms with van der Waals surface area (Å²) in [4.78, 5) is 44.9. The number of amides is 1. The molecule has 13 heteroatoms. The van der Waals surface area contributed by atoms with Crippen LogP contribution in [0.2, 0.25) is 5.02 Å². The average Bonchev–Trinajstić information content (AvgIpc) is 3.26. The number of hydrogen-bond acceptors (Lipinski definition) is 9. The lowest BCUT2D eigenvalue weighted by Crippen LogP contribution is -2.49. The molecule has 0 atom stereocenters. The lowest BCUT2D eigenvalue weighted by molar-refractivity contribution is -0.159. The van der Waals surface area contributed by atoms with E-state index in [0.29, 0.717) is 48.7 Å². The van der Waals surface area contributed by atoms with Gasteiger partial charge < -0.3 is 20.1 Å². The summed E-state index contributed by atoms with van der Waals surface area (Å²) in [6.45, 7) is 2.12. The summed E-state index contributed by atoms with van der Waals surface area (Å²) in [5.41, 5.74) is 0.899. The molecule has 3 aromatic rings. The lowest BCUT2D eigenvalue weighted by Gasteiger charge is -2.36. The van der Waals surface area contributed by atoms with E-state index in [2.05, 4.69) is 25.4 Å². The van der Waals surface area contributed by atoms with E-state index in [1.165, 1.54) is 0 Å². The Labute approximate surface area is 192 Å². The Morgan fingerprint density at radius 1 is 1.06 bits per heavy atom. The largest absolute Gasteiger partial charge is 0.473 e. The molecule has 0 saturated carbocycles. The number of likely N-dealkylation sites (tertiary alicyclic amines) is 1. The zero-order valence-corrected chi connectivity index (χ0v) is 17.8. The van der Waals surface area contributed by atoms with Crippen molar-refractivity contribution in [3.8, 4) is 11.6 Å². The summed E-state index contributed by atoms with van der Waals surface area (Å²) in [5, 5.41) is 22.2. The highest BCUT2D eigenvalue weighted by molar-refractivity contribution is 6.31. The first kappa shape index (κ1) is 23.8. The van der Waals surface area contributed by atoms with Gasteiger partial charge in [0.1, 0.15) is 0 Å². The fourth-order valence-corrected chi connectivity index (χ4v) is 3.06. The Balaban J connectivity index is 0.000000454. The van der Waals surface area contributed by atoms with Crippen molar-refractivity contribution >= 4 is 29.4 Å². The van der Waals surface area contributed by atoms with Gasteiger partial charge in [-0.15, -0.1) is 0 Å². The molecule has 3 N–H and O–H groups in total. The lowest BCUT2D eigenvalue weighted by atomic mass is 10.0. The minimum absolute atomic E-state index is 0.0442. The van der Waals surface area contributed by atoms with Gasteiger partial charge >= 0.3 is 11.9 Å². The Kier molecular flexibility index (Phi) is 8.00. The molecule has 12 nitrogen and oxygen atoms in total. The number of benzene rings is 1. The Morgan fingerprint density at radius 3 is 2.36 bits per heavy atom. The van der Waals surface area contributed by atoms with Gasteiger partial charge in [-0.25, -0.2) is 19.6 Å². The van der Waals surface area contributed by atoms with Gasteiger partial charge in [0.25, 0.3) is 0 Å². The van der Waals surface area contributed by atoms with Crippen LogP contribution in [0.5, 0.6) is 0 Å². The highest BCUT2D eigenvalue weighted by atomic mass is 35.5. The van der Waals surface area contributed by atoms with E-state index in [1.54, 1.807) is 18.5 Å². The van der Waals surface area contributed by atoms with Gasteiger partial charge in [-0.1, -0.05) is 35.0 Å². The predicted molar refractivity (Wildman–Crippen MR) is 113 cm³/mol. The van der Waals surface area contributed by atoms with Crippen molar-refractivity contribution in [2.75, 3.05) is 19.6 Å². The number of aromatic nitrogens is 4. The molecule has 0 spiro atoms. The van der Waals surface area contributed by atoms with Crippen LogP contribution in [0.25, 0.3) is 11.6 Å². The normalized spacial score (nSPS) is 13.4. The highest BCUT2D eigenvalue weighted by Gasteiger charge is 2.33. The molecule has 1 amide bonds. The molecular weight excluding hydrogens is 456 g/mol. The zero-order chi connectivity index (χ0) is 23.8. The fourth-order valence-electron chi connectivity index (χ4n) is 2.86. The number of hydrogen-bond donors (Lipinski definition) is 3. The summed E-state index contributed by atoms with van der Waals surface area (Å²) in [6.07, 6.45) is 3.26.